The van der Waals surface area contributed by atoms with Gasteiger partial charge in [-0.1, -0.05) is 32.3 Å². The molecule has 1 N–H and O–H groups in total. The van der Waals surface area contributed by atoms with Crippen LogP contribution in [-0.4, -0.2) is 6.04 Å². The normalized spacial score (nSPS) is 32.2. The largest absolute Gasteiger partial charge is 0.385 e. The first-order valence-corrected chi connectivity index (χ1v) is 6.60. The smallest absolute Gasteiger partial charge is 0.0701 e. The molecule has 2 fully saturated rings. The molecule has 0 aliphatic heterocycles. The highest BCUT2D eigenvalue weighted by Crippen LogP contribution is 2.49. The number of allylic oxidation sites excluding steroid dienone is 1. The topological polar surface area (TPSA) is 12.0 Å². The van der Waals surface area contributed by atoms with E-state index in [4.69, 9.17) is 6.42 Å². The van der Waals surface area contributed by atoms with E-state index in [1.807, 2.05) is 0 Å². The van der Waals surface area contributed by atoms with Crippen LogP contribution in [0.1, 0.15) is 51.9 Å². The Labute approximate surface area is 99.7 Å². The minimum atomic E-state index is 0.0118. The number of rotatable bonds is 3. The zero-order chi connectivity index (χ0) is 11.6. The van der Waals surface area contributed by atoms with Gasteiger partial charge in [0.05, 0.1) is 5.41 Å². The monoisotopic (exact) mass is 217 g/mol. The van der Waals surface area contributed by atoms with Crippen molar-refractivity contribution < 1.29 is 0 Å². The summed E-state index contributed by atoms with van der Waals surface area (Å²) >= 11 is 0. The molecule has 2 atom stereocenters. The number of hydrogen-bond acceptors (Lipinski definition) is 1. The Bertz CT molecular complexity index is 306. The molecule has 0 amide bonds. The molecule has 2 aliphatic rings. The highest BCUT2D eigenvalue weighted by Gasteiger charge is 2.44. The Morgan fingerprint density at radius 1 is 1.31 bits per heavy atom. The van der Waals surface area contributed by atoms with Crippen LogP contribution < -0.4 is 5.32 Å². The summed E-state index contributed by atoms with van der Waals surface area (Å²) in [6.45, 7) is 6.51. The molecule has 2 unspecified atom stereocenters. The standard InChI is InChI=1S/C15H23N/c1-4-15(10-11-15)13(3)16-14-7-5-6-12(2)8-9-14/h1,12,14,16H,3,5-11H2,2H3. The van der Waals surface area contributed by atoms with Gasteiger partial charge in [-0.05, 0) is 38.0 Å². The van der Waals surface area contributed by atoms with Crippen molar-refractivity contribution in [3.05, 3.63) is 12.3 Å². The van der Waals surface area contributed by atoms with Gasteiger partial charge in [-0.2, -0.15) is 0 Å². The molecule has 2 saturated carbocycles. The average molecular weight is 217 g/mol. The lowest BCUT2D eigenvalue weighted by molar-refractivity contribution is 0.462. The Hall–Kier alpha value is -0.900. The van der Waals surface area contributed by atoms with E-state index in [0.29, 0.717) is 6.04 Å². The molecule has 1 heteroatoms. The third-order valence-corrected chi connectivity index (χ3v) is 4.24. The summed E-state index contributed by atoms with van der Waals surface area (Å²) in [5.41, 5.74) is 1.12. The van der Waals surface area contributed by atoms with Crippen LogP contribution in [-0.2, 0) is 0 Å². The lowest BCUT2D eigenvalue weighted by atomic mass is 10.0. The molecule has 0 aromatic carbocycles. The van der Waals surface area contributed by atoms with Crippen LogP contribution in [0.15, 0.2) is 12.3 Å². The first kappa shape index (κ1) is 11.6. The molecule has 0 aromatic heterocycles. The van der Waals surface area contributed by atoms with Crippen LogP contribution in [0.25, 0.3) is 0 Å². The van der Waals surface area contributed by atoms with Crippen molar-refractivity contribution in [2.75, 3.05) is 0 Å². The number of nitrogens with one attached hydrogen (secondary N) is 1. The van der Waals surface area contributed by atoms with Gasteiger partial charge >= 0.3 is 0 Å². The third kappa shape index (κ3) is 2.43. The minimum absolute atomic E-state index is 0.0118. The van der Waals surface area contributed by atoms with Gasteiger partial charge in [0.1, 0.15) is 0 Å². The van der Waals surface area contributed by atoms with Gasteiger partial charge in [0.25, 0.3) is 0 Å². The molecule has 16 heavy (non-hydrogen) atoms. The molecule has 0 saturated heterocycles. The van der Waals surface area contributed by atoms with Crippen molar-refractivity contribution in [2.24, 2.45) is 11.3 Å². The molecular weight excluding hydrogens is 194 g/mol. The second-order valence-corrected chi connectivity index (χ2v) is 5.66. The quantitative estimate of drug-likeness (QED) is 0.564. The van der Waals surface area contributed by atoms with Crippen LogP contribution >= 0.6 is 0 Å². The number of hydrogen-bond donors (Lipinski definition) is 1. The summed E-state index contributed by atoms with van der Waals surface area (Å²) in [5.74, 6) is 3.80. The lowest BCUT2D eigenvalue weighted by Crippen LogP contribution is -2.31. The summed E-state index contributed by atoms with van der Waals surface area (Å²) in [7, 11) is 0. The highest BCUT2D eigenvalue weighted by molar-refractivity contribution is 5.30. The SMILES string of the molecule is C#CC1(C(=C)NC2CCCC(C)CC2)CC1. The molecule has 2 rings (SSSR count). The molecule has 0 spiro atoms. The Morgan fingerprint density at radius 3 is 2.69 bits per heavy atom. The fraction of sp³-hybridized carbons (Fsp3) is 0.733. The zero-order valence-corrected chi connectivity index (χ0v) is 10.4. The van der Waals surface area contributed by atoms with Crippen molar-refractivity contribution in [3.8, 4) is 12.3 Å². The van der Waals surface area contributed by atoms with E-state index >= 15 is 0 Å². The van der Waals surface area contributed by atoms with Gasteiger partial charge in [0.15, 0.2) is 0 Å². The van der Waals surface area contributed by atoms with Gasteiger partial charge in [0, 0.05) is 11.7 Å². The summed E-state index contributed by atoms with van der Waals surface area (Å²) in [4.78, 5) is 0. The summed E-state index contributed by atoms with van der Waals surface area (Å²) in [5, 5.41) is 3.60. The van der Waals surface area contributed by atoms with Crippen molar-refractivity contribution in [3.63, 3.8) is 0 Å². The minimum Gasteiger partial charge on any atom is -0.385 e. The van der Waals surface area contributed by atoms with Crippen LogP contribution in [0, 0.1) is 23.7 Å². The molecule has 0 radical (unpaired) electrons. The first-order valence-electron chi connectivity index (χ1n) is 6.60. The van der Waals surface area contributed by atoms with Crippen LogP contribution in [0.2, 0.25) is 0 Å². The van der Waals surface area contributed by atoms with Crippen LogP contribution in [0.3, 0.4) is 0 Å². The molecule has 0 heterocycles. The van der Waals surface area contributed by atoms with E-state index < -0.39 is 0 Å². The van der Waals surface area contributed by atoms with E-state index in [0.717, 1.165) is 24.5 Å². The number of terminal acetylenes is 1. The Balaban J connectivity index is 1.85. The zero-order valence-electron chi connectivity index (χ0n) is 10.4. The predicted octanol–water partition coefficient (Wildman–Crippen LogP) is 3.47. The van der Waals surface area contributed by atoms with Crippen LogP contribution in [0.5, 0.6) is 0 Å². The molecule has 0 bridgehead atoms. The molecule has 88 valence electrons. The molecule has 1 nitrogen and oxygen atoms in total. The van der Waals surface area contributed by atoms with Gasteiger partial charge < -0.3 is 5.32 Å². The second-order valence-electron chi connectivity index (χ2n) is 5.66. The van der Waals surface area contributed by atoms with Crippen LogP contribution in [0.4, 0.5) is 0 Å². The molecular formula is C15H23N. The van der Waals surface area contributed by atoms with Crippen molar-refractivity contribution in [2.45, 2.75) is 57.9 Å². The molecule has 2 aliphatic carbocycles. The van der Waals surface area contributed by atoms with Crippen molar-refractivity contribution in [1.82, 2.24) is 5.32 Å². The maximum atomic E-state index is 5.58. The van der Waals surface area contributed by atoms with E-state index in [1.54, 1.807) is 0 Å². The first-order chi connectivity index (χ1) is 7.66. The van der Waals surface area contributed by atoms with Gasteiger partial charge in [0.2, 0.25) is 0 Å². The summed E-state index contributed by atoms with van der Waals surface area (Å²) < 4.78 is 0. The van der Waals surface area contributed by atoms with Gasteiger partial charge in [-0.15, -0.1) is 6.42 Å². The second kappa shape index (κ2) is 4.53. The fourth-order valence-corrected chi connectivity index (χ4v) is 2.67. The fourth-order valence-electron chi connectivity index (χ4n) is 2.67. The van der Waals surface area contributed by atoms with Gasteiger partial charge in [-0.25, -0.2) is 0 Å². The lowest BCUT2D eigenvalue weighted by Gasteiger charge is -2.22. The van der Waals surface area contributed by atoms with Gasteiger partial charge in [-0.3, -0.25) is 0 Å². The van der Waals surface area contributed by atoms with E-state index in [1.165, 1.54) is 32.1 Å². The van der Waals surface area contributed by atoms with E-state index in [2.05, 4.69) is 24.7 Å². The predicted molar refractivity (Wildman–Crippen MR) is 68.8 cm³/mol. The summed E-state index contributed by atoms with van der Waals surface area (Å²) in [6, 6.07) is 0.614. The van der Waals surface area contributed by atoms with E-state index in [-0.39, 0.29) is 5.41 Å². The Kier molecular flexibility index (Phi) is 3.28. The maximum absolute atomic E-state index is 5.58. The average Bonchev–Trinajstić information content (AvgIpc) is 3.05. The highest BCUT2D eigenvalue weighted by atomic mass is 15.0. The summed E-state index contributed by atoms with van der Waals surface area (Å²) in [6.07, 6.45) is 14.4. The third-order valence-electron chi connectivity index (χ3n) is 4.24. The molecule has 0 aromatic rings. The maximum Gasteiger partial charge on any atom is 0.0701 e. The Morgan fingerprint density at radius 2 is 2.06 bits per heavy atom. The van der Waals surface area contributed by atoms with Crippen molar-refractivity contribution >= 4 is 0 Å². The van der Waals surface area contributed by atoms with E-state index in [9.17, 15) is 0 Å². The van der Waals surface area contributed by atoms with Crippen molar-refractivity contribution in [1.29, 1.82) is 0 Å².